The number of likely N-dealkylation sites (N-methyl/N-ethyl adjacent to an activating group) is 1. The maximum atomic E-state index is 13.4. The average Bonchev–Trinajstić information content (AvgIpc) is 2.38. The first kappa shape index (κ1) is 12.8. The van der Waals surface area contributed by atoms with Crippen molar-refractivity contribution in [2.24, 2.45) is 0 Å². The normalized spacial score (nSPS) is 19.9. The Hall–Kier alpha value is -1.60. The van der Waals surface area contributed by atoms with Gasteiger partial charge in [0.05, 0.1) is 11.6 Å². The Balaban J connectivity index is 2.21. The highest BCUT2D eigenvalue weighted by atomic mass is 19.1. The summed E-state index contributed by atoms with van der Waals surface area (Å²) < 4.78 is 13.4. The molecule has 18 heavy (non-hydrogen) atoms. The maximum Gasteiger partial charge on any atom is 0.126 e. The van der Waals surface area contributed by atoms with E-state index in [-0.39, 0.29) is 5.82 Å². The quantitative estimate of drug-likeness (QED) is 0.803. The third-order valence-electron chi connectivity index (χ3n) is 3.50. The molecule has 96 valence electrons. The number of nitriles is 1. The topological polar surface area (TPSA) is 30.3 Å². The van der Waals surface area contributed by atoms with Crippen LogP contribution in [0.4, 0.5) is 10.1 Å². The van der Waals surface area contributed by atoms with Crippen LogP contribution in [0.15, 0.2) is 18.2 Å². The molecule has 0 saturated carbocycles. The van der Waals surface area contributed by atoms with Crippen LogP contribution < -0.4 is 4.90 Å². The molecular formula is C14H18FN3. The smallest absolute Gasteiger partial charge is 0.126 e. The molecule has 0 bridgehead atoms. The monoisotopic (exact) mass is 247 g/mol. The highest BCUT2D eigenvalue weighted by Gasteiger charge is 2.22. The molecule has 1 atom stereocenters. The van der Waals surface area contributed by atoms with E-state index in [2.05, 4.69) is 23.9 Å². The van der Waals surface area contributed by atoms with Gasteiger partial charge in [0.1, 0.15) is 5.82 Å². The molecule has 2 rings (SSSR count). The Kier molecular flexibility index (Phi) is 3.83. The van der Waals surface area contributed by atoms with Gasteiger partial charge in [-0.15, -0.1) is 0 Å². The molecule has 0 spiro atoms. The molecule has 1 aromatic rings. The summed E-state index contributed by atoms with van der Waals surface area (Å²) in [5, 5.41) is 8.88. The zero-order chi connectivity index (χ0) is 13.1. The van der Waals surface area contributed by atoms with Crippen LogP contribution in [0.2, 0.25) is 0 Å². The van der Waals surface area contributed by atoms with E-state index < -0.39 is 0 Å². The number of nitrogens with zero attached hydrogens (tertiary/aromatic N) is 3. The van der Waals surface area contributed by atoms with Gasteiger partial charge in [-0.05, 0) is 45.1 Å². The summed E-state index contributed by atoms with van der Waals surface area (Å²) >= 11 is 0. The van der Waals surface area contributed by atoms with Gasteiger partial charge in [0.15, 0.2) is 0 Å². The van der Waals surface area contributed by atoms with Crippen LogP contribution in [0.25, 0.3) is 0 Å². The molecular weight excluding hydrogens is 229 g/mol. The standard InChI is InChI=1S/C14H18FN3/c1-17(2)13-4-3-5-18(10-13)14-7-11(9-16)6-12(15)8-14/h6-8,13H,3-5,10H2,1-2H3. The van der Waals surface area contributed by atoms with E-state index in [9.17, 15) is 4.39 Å². The lowest BCUT2D eigenvalue weighted by Gasteiger charge is -2.37. The molecule has 1 saturated heterocycles. The van der Waals surface area contributed by atoms with Gasteiger partial charge in [0, 0.05) is 24.8 Å². The predicted octanol–water partition coefficient (Wildman–Crippen LogP) is 2.23. The van der Waals surface area contributed by atoms with E-state index in [0.29, 0.717) is 11.6 Å². The molecule has 0 aromatic heterocycles. The maximum absolute atomic E-state index is 13.4. The third kappa shape index (κ3) is 2.80. The number of hydrogen-bond donors (Lipinski definition) is 0. The Morgan fingerprint density at radius 3 is 2.83 bits per heavy atom. The molecule has 1 aliphatic heterocycles. The van der Waals surface area contributed by atoms with Crippen LogP contribution in [-0.4, -0.2) is 38.1 Å². The van der Waals surface area contributed by atoms with E-state index in [1.807, 2.05) is 6.07 Å². The minimum atomic E-state index is -0.337. The molecule has 3 nitrogen and oxygen atoms in total. The first-order valence-corrected chi connectivity index (χ1v) is 6.22. The number of hydrogen-bond acceptors (Lipinski definition) is 3. The highest BCUT2D eigenvalue weighted by molar-refractivity contribution is 5.52. The van der Waals surface area contributed by atoms with Crippen LogP contribution in [0.1, 0.15) is 18.4 Å². The van der Waals surface area contributed by atoms with Gasteiger partial charge in [0.2, 0.25) is 0 Å². The number of halogens is 1. The summed E-state index contributed by atoms with van der Waals surface area (Å²) in [4.78, 5) is 4.37. The average molecular weight is 247 g/mol. The lowest BCUT2D eigenvalue weighted by molar-refractivity contribution is 0.258. The molecule has 4 heteroatoms. The zero-order valence-electron chi connectivity index (χ0n) is 10.9. The van der Waals surface area contributed by atoms with Crippen molar-refractivity contribution in [1.82, 2.24) is 4.90 Å². The summed E-state index contributed by atoms with van der Waals surface area (Å²) in [6.45, 7) is 1.82. The van der Waals surface area contributed by atoms with Crippen molar-refractivity contribution in [2.45, 2.75) is 18.9 Å². The van der Waals surface area contributed by atoms with Crippen molar-refractivity contribution in [3.63, 3.8) is 0 Å². The molecule has 0 aliphatic carbocycles. The van der Waals surface area contributed by atoms with Crippen molar-refractivity contribution >= 4 is 5.69 Å². The molecule has 1 aliphatic rings. The summed E-state index contributed by atoms with van der Waals surface area (Å²) in [5.74, 6) is -0.337. The summed E-state index contributed by atoms with van der Waals surface area (Å²) in [6.07, 6.45) is 2.27. The van der Waals surface area contributed by atoms with Crippen LogP contribution in [0, 0.1) is 17.1 Å². The zero-order valence-corrected chi connectivity index (χ0v) is 10.9. The van der Waals surface area contributed by atoms with E-state index >= 15 is 0 Å². The molecule has 1 aromatic carbocycles. The summed E-state index contributed by atoms with van der Waals surface area (Å²) in [6, 6.07) is 7.05. The Morgan fingerprint density at radius 2 is 2.17 bits per heavy atom. The minimum absolute atomic E-state index is 0.337. The van der Waals surface area contributed by atoms with Gasteiger partial charge in [0.25, 0.3) is 0 Å². The second kappa shape index (κ2) is 5.36. The number of rotatable bonds is 2. The van der Waals surface area contributed by atoms with Gasteiger partial charge in [-0.1, -0.05) is 0 Å². The highest BCUT2D eigenvalue weighted by Crippen LogP contribution is 2.23. The van der Waals surface area contributed by atoms with Crippen molar-refractivity contribution < 1.29 is 4.39 Å². The van der Waals surface area contributed by atoms with Crippen LogP contribution in [0.3, 0.4) is 0 Å². The fourth-order valence-electron chi connectivity index (χ4n) is 2.43. The lowest BCUT2D eigenvalue weighted by Crippen LogP contribution is -2.45. The molecule has 0 amide bonds. The largest absolute Gasteiger partial charge is 0.370 e. The van der Waals surface area contributed by atoms with Crippen molar-refractivity contribution in [1.29, 1.82) is 5.26 Å². The Morgan fingerprint density at radius 1 is 1.39 bits per heavy atom. The third-order valence-corrected chi connectivity index (χ3v) is 3.50. The van der Waals surface area contributed by atoms with Crippen LogP contribution in [-0.2, 0) is 0 Å². The van der Waals surface area contributed by atoms with Gasteiger partial charge in [-0.2, -0.15) is 5.26 Å². The van der Waals surface area contributed by atoms with Gasteiger partial charge in [-0.3, -0.25) is 0 Å². The SMILES string of the molecule is CN(C)C1CCCN(c2cc(F)cc(C#N)c2)C1. The minimum Gasteiger partial charge on any atom is -0.370 e. The molecule has 1 fully saturated rings. The number of piperidine rings is 1. The molecule has 1 unspecified atom stereocenters. The number of anilines is 1. The second-order valence-corrected chi connectivity index (χ2v) is 5.02. The molecule has 0 radical (unpaired) electrons. The van der Waals surface area contributed by atoms with Crippen molar-refractivity contribution in [2.75, 3.05) is 32.1 Å². The van der Waals surface area contributed by atoms with E-state index in [1.54, 1.807) is 6.07 Å². The number of benzene rings is 1. The predicted molar refractivity (Wildman–Crippen MR) is 70.0 cm³/mol. The summed E-state index contributed by atoms with van der Waals surface area (Å²) in [7, 11) is 4.14. The first-order valence-electron chi connectivity index (χ1n) is 6.22. The van der Waals surface area contributed by atoms with E-state index in [0.717, 1.165) is 25.2 Å². The summed E-state index contributed by atoms with van der Waals surface area (Å²) in [5.41, 5.74) is 1.20. The van der Waals surface area contributed by atoms with Crippen LogP contribution >= 0.6 is 0 Å². The van der Waals surface area contributed by atoms with E-state index in [4.69, 9.17) is 5.26 Å². The van der Waals surface area contributed by atoms with Gasteiger partial charge >= 0.3 is 0 Å². The fraction of sp³-hybridized carbons (Fsp3) is 0.500. The molecule has 1 heterocycles. The van der Waals surface area contributed by atoms with Crippen molar-refractivity contribution in [3.05, 3.63) is 29.6 Å². The Labute approximate surface area is 107 Å². The van der Waals surface area contributed by atoms with Gasteiger partial charge in [-0.25, -0.2) is 4.39 Å². The van der Waals surface area contributed by atoms with Crippen molar-refractivity contribution in [3.8, 4) is 6.07 Å². The van der Waals surface area contributed by atoms with E-state index in [1.165, 1.54) is 18.6 Å². The van der Waals surface area contributed by atoms with Crippen LogP contribution in [0.5, 0.6) is 0 Å². The lowest BCUT2D eigenvalue weighted by atomic mass is 10.0. The van der Waals surface area contributed by atoms with Gasteiger partial charge < -0.3 is 9.80 Å². The molecule has 0 N–H and O–H groups in total. The second-order valence-electron chi connectivity index (χ2n) is 5.02. The first-order chi connectivity index (χ1) is 8.60. The Bertz CT molecular complexity index is 465. The fourth-order valence-corrected chi connectivity index (χ4v) is 2.43.